The number of carbonyl (C=O) groups is 2. The first kappa shape index (κ1) is 22.4. The van der Waals surface area contributed by atoms with Crippen molar-refractivity contribution in [3.8, 4) is 0 Å². The minimum atomic E-state index is -1.22. The van der Waals surface area contributed by atoms with E-state index < -0.39 is 18.4 Å². The fourth-order valence-corrected chi connectivity index (χ4v) is 1.21. The highest BCUT2D eigenvalue weighted by Gasteiger charge is 2.10. The summed E-state index contributed by atoms with van der Waals surface area (Å²) >= 11 is 0. The number of carbonyl (C=O) groups excluding carboxylic acids is 2. The lowest BCUT2D eigenvalue weighted by atomic mass is 10.2. The standard InChI is InChI=1S/C16H26O8/c1-11(2)14(18)9-23-15(19)10-22-6-5-21-7-13(17)8-24-16(20)12(3)4/h13,15,17,19H,1,3,5-10H2,2,4H3. The molecular formula is C16H26O8. The van der Waals surface area contributed by atoms with E-state index in [-0.39, 0.29) is 51.0 Å². The van der Waals surface area contributed by atoms with Gasteiger partial charge in [0.25, 0.3) is 0 Å². The van der Waals surface area contributed by atoms with E-state index in [9.17, 15) is 19.8 Å². The average Bonchev–Trinajstić information content (AvgIpc) is 2.52. The maximum atomic E-state index is 11.2. The fraction of sp³-hybridized carbons (Fsp3) is 0.625. The largest absolute Gasteiger partial charge is 0.460 e. The number of hydrogen-bond acceptors (Lipinski definition) is 8. The lowest BCUT2D eigenvalue weighted by Crippen LogP contribution is -2.26. The van der Waals surface area contributed by atoms with Crippen LogP contribution >= 0.6 is 0 Å². The highest BCUT2D eigenvalue weighted by Crippen LogP contribution is 1.96. The van der Waals surface area contributed by atoms with Gasteiger partial charge in [0, 0.05) is 5.57 Å². The van der Waals surface area contributed by atoms with Crippen LogP contribution in [-0.4, -0.2) is 74.0 Å². The van der Waals surface area contributed by atoms with Gasteiger partial charge in [-0.05, 0) is 19.4 Å². The molecule has 0 aliphatic heterocycles. The van der Waals surface area contributed by atoms with Gasteiger partial charge in [0.15, 0.2) is 12.1 Å². The maximum absolute atomic E-state index is 11.2. The van der Waals surface area contributed by atoms with Gasteiger partial charge in [0.2, 0.25) is 0 Å². The molecule has 0 aromatic heterocycles. The first-order valence-corrected chi connectivity index (χ1v) is 7.38. The highest BCUT2D eigenvalue weighted by molar-refractivity contribution is 5.95. The molecule has 0 aromatic rings. The van der Waals surface area contributed by atoms with Crippen molar-refractivity contribution < 1.29 is 38.7 Å². The van der Waals surface area contributed by atoms with Gasteiger partial charge in [0.05, 0.1) is 26.4 Å². The van der Waals surface area contributed by atoms with Crippen LogP contribution in [0.15, 0.2) is 24.3 Å². The van der Waals surface area contributed by atoms with Crippen LogP contribution in [0.2, 0.25) is 0 Å². The summed E-state index contributed by atoms with van der Waals surface area (Å²) in [6.45, 7) is 9.68. The third-order valence-electron chi connectivity index (χ3n) is 2.58. The zero-order valence-electron chi connectivity index (χ0n) is 14.2. The number of aliphatic hydroxyl groups excluding tert-OH is 2. The summed E-state index contributed by atoms with van der Waals surface area (Å²) in [6.07, 6.45) is -2.17. The minimum absolute atomic E-state index is 0.0288. The summed E-state index contributed by atoms with van der Waals surface area (Å²) in [7, 11) is 0. The third kappa shape index (κ3) is 11.9. The van der Waals surface area contributed by atoms with Crippen molar-refractivity contribution in [3.63, 3.8) is 0 Å². The molecule has 138 valence electrons. The predicted molar refractivity (Wildman–Crippen MR) is 85.2 cm³/mol. The summed E-state index contributed by atoms with van der Waals surface area (Å²) < 4.78 is 19.8. The lowest BCUT2D eigenvalue weighted by Gasteiger charge is -2.13. The van der Waals surface area contributed by atoms with Gasteiger partial charge in [-0.3, -0.25) is 4.79 Å². The number of hydrogen-bond donors (Lipinski definition) is 2. The topological polar surface area (TPSA) is 112 Å². The number of ketones is 1. The van der Waals surface area contributed by atoms with Crippen LogP contribution in [0.25, 0.3) is 0 Å². The summed E-state index contributed by atoms with van der Waals surface area (Å²) in [5.74, 6) is -0.866. The average molecular weight is 346 g/mol. The summed E-state index contributed by atoms with van der Waals surface area (Å²) in [6, 6.07) is 0. The van der Waals surface area contributed by atoms with Crippen LogP contribution in [0, 0.1) is 0 Å². The van der Waals surface area contributed by atoms with Gasteiger partial charge in [-0.25, -0.2) is 4.79 Å². The van der Waals surface area contributed by atoms with Crippen molar-refractivity contribution in [1.29, 1.82) is 0 Å². The molecule has 2 unspecified atom stereocenters. The van der Waals surface area contributed by atoms with Gasteiger partial charge in [-0.1, -0.05) is 13.2 Å². The Morgan fingerprint density at radius 2 is 1.54 bits per heavy atom. The molecule has 0 amide bonds. The van der Waals surface area contributed by atoms with Crippen molar-refractivity contribution in [2.24, 2.45) is 0 Å². The van der Waals surface area contributed by atoms with Gasteiger partial charge in [-0.2, -0.15) is 0 Å². The second kappa shape index (κ2) is 12.8. The van der Waals surface area contributed by atoms with Crippen LogP contribution in [0.1, 0.15) is 13.8 Å². The van der Waals surface area contributed by atoms with Crippen LogP contribution in [0.4, 0.5) is 0 Å². The van der Waals surface area contributed by atoms with E-state index in [0.717, 1.165) is 0 Å². The third-order valence-corrected chi connectivity index (χ3v) is 2.58. The van der Waals surface area contributed by atoms with Crippen LogP contribution < -0.4 is 0 Å². The van der Waals surface area contributed by atoms with Crippen LogP contribution in [-0.2, 0) is 28.5 Å². The normalized spacial score (nSPS) is 13.2. The second-order valence-electron chi connectivity index (χ2n) is 5.15. The SMILES string of the molecule is C=C(C)C(=O)COC(O)COCCOCC(O)COC(=O)C(=C)C. The van der Waals surface area contributed by atoms with Gasteiger partial charge >= 0.3 is 5.97 Å². The highest BCUT2D eigenvalue weighted by atomic mass is 16.6. The first-order valence-electron chi connectivity index (χ1n) is 7.38. The summed E-state index contributed by atoms with van der Waals surface area (Å²) in [5, 5.41) is 18.9. The van der Waals surface area contributed by atoms with Crippen molar-refractivity contribution in [3.05, 3.63) is 24.3 Å². The minimum Gasteiger partial charge on any atom is -0.460 e. The number of rotatable bonds is 14. The van der Waals surface area contributed by atoms with E-state index in [0.29, 0.717) is 5.57 Å². The van der Waals surface area contributed by atoms with E-state index in [1.807, 2.05) is 0 Å². The van der Waals surface area contributed by atoms with E-state index >= 15 is 0 Å². The van der Waals surface area contributed by atoms with Gasteiger partial charge in [-0.15, -0.1) is 0 Å². The van der Waals surface area contributed by atoms with E-state index in [1.165, 1.54) is 6.92 Å². The lowest BCUT2D eigenvalue weighted by molar-refractivity contribution is -0.153. The Labute approximate surface area is 141 Å². The van der Waals surface area contributed by atoms with Crippen molar-refractivity contribution in [1.82, 2.24) is 0 Å². The second-order valence-corrected chi connectivity index (χ2v) is 5.15. The Morgan fingerprint density at radius 1 is 0.958 bits per heavy atom. The van der Waals surface area contributed by atoms with E-state index in [2.05, 4.69) is 13.2 Å². The Hall–Kier alpha value is -1.58. The molecule has 2 N–H and O–H groups in total. The molecule has 0 fully saturated rings. The molecule has 0 saturated heterocycles. The van der Waals surface area contributed by atoms with Crippen LogP contribution in [0.5, 0.6) is 0 Å². The number of aliphatic hydroxyl groups is 2. The Morgan fingerprint density at radius 3 is 2.08 bits per heavy atom. The van der Waals surface area contributed by atoms with Gasteiger partial charge < -0.3 is 29.2 Å². The molecule has 0 spiro atoms. The first-order chi connectivity index (χ1) is 11.2. The predicted octanol–water partition coefficient (Wildman–Crippen LogP) is -0.0200. The van der Waals surface area contributed by atoms with Crippen LogP contribution in [0.3, 0.4) is 0 Å². The fourth-order valence-electron chi connectivity index (χ4n) is 1.21. The van der Waals surface area contributed by atoms with Crippen molar-refractivity contribution in [2.45, 2.75) is 26.2 Å². The van der Waals surface area contributed by atoms with Crippen molar-refractivity contribution >= 4 is 11.8 Å². The smallest absolute Gasteiger partial charge is 0.333 e. The molecular weight excluding hydrogens is 320 g/mol. The molecule has 2 atom stereocenters. The molecule has 0 rings (SSSR count). The molecule has 0 bridgehead atoms. The molecule has 8 nitrogen and oxygen atoms in total. The quantitative estimate of drug-likeness (QED) is 0.195. The zero-order valence-corrected chi connectivity index (χ0v) is 14.2. The molecule has 0 aromatic carbocycles. The molecule has 0 aliphatic carbocycles. The maximum Gasteiger partial charge on any atom is 0.333 e. The summed E-state index contributed by atoms with van der Waals surface area (Å²) in [4.78, 5) is 22.3. The number of ether oxygens (including phenoxy) is 4. The van der Waals surface area contributed by atoms with E-state index in [4.69, 9.17) is 18.9 Å². The molecule has 0 saturated carbocycles. The Bertz CT molecular complexity index is 392. The Balaban J connectivity index is 3.55. The van der Waals surface area contributed by atoms with Crippen molar-refractivity contribution in [2.75, 3.05) is 39.6 Å². The molecule has 0 radical (unpaired) electrons. The molecule has 24 heavy (non-hydrogen) atoms. The zero-order chi connectivity index (χ0) is 18.5. The number of Topliss-reactive ketones (excluding diaryl/α,β-unsaturated/α-hetero) is 1. The van der Waals surface area contributed by atoms with Gasteiger partial charge in [0.1, 0.15) is 19.3 Å². The summed E-state index contributed by atoms with van der Waals surface area (Å²) in [5.41, 5.74) is 0.603. The molecule has 0 aliphatic rings. The monoisotopic (exact) mass is 346 g/mol. The molecule has 0 heterocycles. The van der Waals surface area contributed by atoms with E-state index in [1.54, 1.807) is 6.92 Å². The Kier molecular flexibility index (Phi) is 12.0. The number of esters is 1. The molecule has 8 heteroatoms.